The van der Waals surface area contributed by atoms with Gasteiger partial charge in [-0.3, -0.25) is 9.78 Å². The molecule has 4 heteroatoms. The summed E-state index contributed by atoms with van der Waals surface area (Å²) in [5, 5.41) is 0. The number of hydrogen-bond donors (Lipinski definition) is 1. The molecule has 1 aromatic rings. The predicted molar refractivity (Wildman–Crippen MR) is 64.0 cm³/mol. The van der Waals surface area contributed by atoms with Crippen molar-refractivity contribution in [3.8, 4) is 0 Å². The van der Waals surface area contributed by atoms with Crippen LogP contribution < -0.4 is 5.73 Å². The molecule has 1 heterocycles. The van der Waals surface area contributed by atoms with Crippen molar-refractivity contribution in [2.24, 2.45) is 5.73 Å². The molecule has 0 spiro atoms. The maximum Gasteiger partial charge on any atom is 0.253 e. The molecule has 0 aliphatic carbocycles. The summed E-state index contributed by atoms with van der Waals surface area (Å²) >= 11 is 0. The van der Waals surface area contributed by atoms with Crippen LogP contribution in [0.2, 0.25) is 0 Å². The van der Waals surface area contributed by atoms with Crippen LogP contribution in [0.1, 0.15) is 36.3 Å². The van der Waals surface area contributed by atoms with E-state index in [-0.39, 0.29) is 5.91 Å². The van der Waals surface area contributed by atoms with Crippen LogP contribution in [0, 0.1) is 0 Å². The van der Waals surface area contributed by atoms with E-state index in [1.54, 1.807) is 18.3 Å². The van der Waals surface area contributed by atoms with Crippen LogP contribution in [0.4, 0.5) is 0 Å². The summed E-state index contributed by atoms with van der Waals surface area (Å²) in [6, 6.07) is 3.50. The summed E-state index contributed by atoms with van der Waals surface area (Å²) in [4.78, 5) is 18.0. The van der Waals surface area contributed by atoms with Gasteiger partial charge in [0.05, 0.1) is 5.69 Å². The van der Waals surface area contributed by atoms with Gasteiger partial charge in [0.2, 0.25) is 0 Å². The zero-order valence-corrected chi connectivity index (χ0v) is 9.94. The molecule has 1 aromatic heterocycles. The number of rotatable bonds is 5. The third-order valence-corrected chi connectivity index (χ3v) is 2.44. The maximum atomic E-state index is 12.1. The molecule has 88 valence electrons. The molecule has 1 amide bonds. The van der Waals surface area contributed by atoms with Crippen molar-refractivity contribution in [3.63, 3.8) is 0 Å². The highest BCUT2D eigenvalue weighted by Crippen LogP contribution is 2.06. The maximum absolute atomic E-state index is 12.1. The van der Waals surface area contributed by atoms with Gasteiger partial charge in [-0.1, -0.05) is 6.92 Å². The van der Waals surface area contributed by atoms with Gasteiger partial charge in [-0.25, -0.2) is 0 Å². The molecule has 2 N–H and O–H groups in total. The third kappa shape index (κ3) is 3.03. The lowest BCUT2D eigenvalue weighted by molar-refractivity contribution is 0.0764. The van der Waals surface area contributed by atoms with E-state index in [1.165, 1.54) is 0 Å². The van der Waals surface area contributed by atoms with Gasteiger partial charge in [0, 0.05) is 31.4 Å². The van der Waals surface area contributed by atoms with E-state index < -0.39 is 0 Å². The number of amides is 1. The van der Waals surface area contributed by atoms with E-state index in [1.807, 2.05) is 11.8 Å². The molecule has 16 heavy (non-hydrogen) atoms. The summed E-state index contributed by atoms with van der Waals surface area (Å²) in [6.07, 6.45) is 2.60. The lowest BCUT2D eigenvalue weighted by atomic mass is 10.2. The second-order valence-corrected chi connectivity index (χ2v) is 3.62. The van der Waals surface area contributed by atoms with E-state index >= 15 is 0 Å². The topological polar surface area (TPSA) is 59.2 Å². The Morgan fingerprint density at radius 2 is 2.25 bits per heavy atom. The highest BCUT2D eigenvalue weighted by Gasteiger charge is 2.13. The largest absolute Gasteiger partial charge is 0.339 e. The smallest absolute Gasteiger partial charge is 0.253 e. The number of carbonyl (C=O) groups is 1. The van der Waals surface area contributed by atoms with E-state index in [0.717, 1.165) is 25.2 Å². The normalized spacial score (nSPS) is 10.2. The summed E-state index contributed by atoms with van der Waals surface area (Å²) in [6.45, 7) is 5.93. The predicted octanol–water partition coefficient (Wildman–Crippen LogP) is 1.41. The van der Waals surface area contributed by atoms with Gasteiger partial charge in [0.25, 0.3) is 5.91 Å². The van der Waals surface area contributed by atoms with E-state index in [2.05, 4.69) is 11.9 Å². The van der Waals surface area contributed by atoms with Crippen LogP contribution in [0.15, 0.2) is 18.3 Å². The quantitative estimate of drug-likeness (QED) is 0.818. The molecule has 0 fully saturated rings. The fourth-order valence-electron chi connectivity index (χ4n) is 1.58. The van der Waals surface area contributed by atoms with E-state index in [4.69, 9.17) is 5.73 Å². The number of hydrogen-bond acceptors (Lipinski definition) is 3. The van der Waals surface area contributed by atoms with Crippen molar-refractivity contribution in [3.05, 3.63) is 29.6 Å². The number of nitrogens with two attached hydrogens (primary N) is 1. The number of aromatic nitrogens is 1. The molecule has 0 aromatic carbocycles. The highest BCUT2D eigenvalue weighted by atomic mass is 16.2. The first-order chi connectivity index (χ1) is 7.72. The Hall–Kier alpha value is -1.42. The molecule has 0 unspecified atom stereocenters. The minimum Gasteiger partial charge on any atom is -0.339 e. The van der Waals surface area contributed by atoms with E-state index in [9.17, 15) is 4.79 Å². The monoisotopic (exact) mass is 221 g/mol. The van der Waals surface area contributed by atoms with Gasteiger partial charge in [0.15, 0.2) is 0 Å². The molecule has 0 radical (unpaired) electrons. The van der Waals surface area contributed by atoms with Crippen LogP contribution >= 0.6 is 0 Å². The third-order valence-electron chi connectivity index (χ3n) is 2.44. The Kier molecular flexibility index (Phi) is 4.92. The average Bonchev–Trinajstić information content (AvgIpc) is 2.35. The first-order valence-electron chi connectivity index (χ1n) is 5.67. The molecule has 0 aliphatic heterocycles. The van der Waals surface area contributed by atoms with Crippen molar-refractivity contribution >= 4 is 5.91 Å². The minimum atomic E-state index is 0.0569. The molecular weight excluding hydrogens is 202 g/mol. The van der Waals surface area contributed by atoms with Crippen molar-refractivity contribution < 1.29 is 4.79 Å². The van der Waals surface area contributed by atoms with Gasteiger partial charge < -0.3 is 10.6 Å². The van der Waals surface area contributed by atoms with Crippen LogP contribution in [0.3, 0.4) is 0 Å². The summed E-state index contributed by atoms with van der Waals surface area (Å²) in [5.41, 5.74) is 6.92. The molecule has 1 rings (SSSR count). The lowest BCUT2D eigenvalue weighted by Gasteiger charge is -2.20. The molecular formula is C12H19N3O. The Morgan fingerprint density at radius 1 is 1.50 bits per heavy atom. The first-order valence-corrected chi connectivity index (χ1v) is 5.67. The SMILES string of the molecule is CCCN(CC)C(=O)c1ccnc(CN)c1. The van der Waals surface area contributed by atoms with Gasteiger partial charge in [0.1, 0.15) is 0 Å². The van der Waals surface area contributed by atoms with Crippen molar-refractivity contribution in [1.82, 2.24) is 9.88 Å². The van der Waals surface area contributed by atoms with Gasteiger partial charge in [-0.05, 0) is 25.5 Å². The second-order valence-electron chi connectivity index (χ2n) is 3.62. The fraction of sp³-hybridized carbons (Fsp3) is 0.500. The van der Waals surface area contributed by atoms with Crippen LogP contribution in [0.25, 0.3) is 0 Å². The van der Waals surface area contributed by atoms with Crippen molar-refractivity contribution in [2.45, 2.75) is 26.8 Å². The van der Waals surface area contributed by atoms with Crippen LogP contribution in [0.5, 0.6) is 0 Å². The second kappa shape index (κ2) is 6.23. The Labute approximate surface area is 96.5 Å². The summed E-state index contributed by atoms with van der Waals surface area (Å²) in [7, 11) is 0. The molecule has 0 bridgehead atoms. The fourth-order valence-corrected chi connectivity index (χ4v) is 1.58. The van der Waals surface area contributed by atoms with Gasteiger partial charge in [-0.2, -0.15) is 0 Å². The van der Waals surface area contributed by atoms with Gasteiger partial charge in [-0.15, -0.1) is 0 Å². The molecule has 0 saturated carbocycles. The number of carbonyl (C=O) groups excluding carboxylic acids is 1. The summed E-state index contributed by atoms with van der Waals surface area (Å²) < 4.78 is 0. The van der Waals surface area contributed by atoms with Crippen LogP contribution in [-0.4, -0.2) is 28.9 Å². The summed E-state index contributed by atoms with van der Waals surface area (Å²) in [5.74, 6) is 0.0569. The molecule has 0 aliphatic rings. The minimum absolute atomic E-state index is 0.0569. The highest BCUT2D eigenvalue weighted by molar-refractivity contribution is 5.94. The molecule has 0 saturated heterocycles. The average molecular weight is 221 g/mol. The van der Waals surface area contributed by atoms with Crippen LogP contribution in [-0.2, 0) is 6.54 Å². The van der Waals surface area contributed by atoms with Crippen molar-refractivity contribution in [1.29, 1.82) is 0 Å². The van der Waals surface area contributed by atoms with Crippen molar-refractivity contribution in [2.75, 3.05) is 13.1 Å². The lowest BCUT2D eigenvalue weighted by Crippen LogP contribution is -2.31. The molecule has 4 nitrogen and oxygen atoms in total. The Bertz CT molecular complexity index is 352. The molecule has 0 atom stereocenters. The first kappa shape index (κ1) is 12.6. The van der Waals surface area contributed by atoms with Gasteiger partial charge >= 0.3 is 0 Å². The zero-order chi connectivity index (χ0) is 12.0. The standard InChI is InChI=1S/C12H19N3O/c1-3-7-15(4-2)12(16)10-5-6-14-11(8-10)9-13/h5-6,8H,3-4,7,9,13H2,1-2H3. The Balaban J connectivity index is 2.85. The Morgan fingerprint density at radius 3 is 2.81 bits per heavy atom. The van der Waals surface area contributed by atoms with E-state index in [0.29, 0.717) is 12.1 Å². The zero-order valence-electron chi connectivity index (χ0n) is 9.94. The number of pyridine rings is 1. The number of nitrogens with zero attached hydrogens (tertiary/aromatic N) is 2.